The summed E-state index contributed by atoms with van der Waals surface area (Å²) in [7, 11) is 0. The van der Waals surface area contributed by atoms with Gasteiger partial charge in [-0.2, -0.15) is 5.26 Å². The molecule has 0 spiro atoms. The van der Waals surface area contributed by atoms with Crippen molar-refractivity contribution >= 4 is 22.5 Å². The second-order valence-corrected chi connectivity index (χ2v) is 5.00. The smallest absolute Gasteiger partial charge is 0.302 e. The minimum atomic E-state index is -0.705. The molecular weight excluding hydrogens is 327 g/mol. The van der Waals surface area contributed by atoms with E-state index in [-0.39, 0.29) is 17.3 Å². The standard InChI is InChI=1S/C17H11FN4O3/c18-11-5-6-12-13(7-11)20-17(24)16(12)22-21-15(23)9-25-14-4-2-1-3-10(14)8-19/h1-7,20,24H,9H2. The molecule has 0 saturated heterocycles. The lowest BCUT2D eigenvalue weighted by atomic mass is 10.2. The molecule has 8 heteroatoms. The number of halogens is 1. The number of aromatic amines is 1. The van der Waals surface area contributed by atoms with E-state index in [9.17, 15) is 14.3 Å². The Morgan fingerprint density at radius 3 is 2.92 bits per heavy atom. The molecule has 124 valence electrons. The van der Waals surface area contributed by atoms with Gasteiger partial charge in [-0.1, -0.05) is 12.1 Å². The third-order valence-electron chi connectivity index (χ3n) is 3.33. The lowest BCUT2D eigenvalue weighted by molar-refractivity contribution is -0.120. The summed E-state index contributed by atoms with van der Waals surface area (Å²) in [4.78, 5) is 14.3. The molecular formula is C17H11FN4O3. The third-order valence-corrected chi connectivity index (χ3v) is 3.33. The molecule has 1 heterocycles. The Morgan fingerprint density at radius 1 is 1.32 bits per heavy atom. The van der Waals surface area contributed by atoms with Crippen molar-refractivity contribution in [2.24, 2.45) is 10.2 Å². The van der Waals surface area contributed by atoms with Crippen LogP contribution in [0.2, 0.25) is 0 Å². The number of azo groups is 1. The van der Waals surface area contributed by atoms with E-state index in [1.165, 1.54) is 18.2 Å². The number of nitrogens with zero attached hydrogens (tertiary/aromatic N) is 3. The Balaban J connectivity index is 1.73. The van der Waals surface area contributed by atoms with Crippen LogP contribution in [0.4, 0.5) is 10.1 Å². The minimum Gasteiger partial charge on any atom is -0.493 e. The predicted octanol–water partition coefficient (Wildman–Crippen LogP) is 3.57. The van der Waals surface area contributed by atoms with Crippen LogP contribution < -0.4 is 4.74 Å². The molecule has 3 aromatic rings. The number of hydrogen-bond donors (Lipinski definition) is 2. The number of para-hydroxylation sites is 1. The van der Waals surface area contributed by atoms with E-state index in [2.05, 4.69) is 15.2 Å². The van der Waals surface area contributed by atoms with Crippen molar-refractivity contribution in [3.8, 4) is 17.7 Å². The maximum Gasteiger partial charge on any atom is 0.302 e. The van der Waals surface area contributed by atoms with Gasteiger partial charge in [-0.15, -0.1) is 10.2 Å². The molecule has 0 aliphatic heterocycles. The number of hydrogen-bond acceptors (Lipinski definition) is 5. The number of nitrogens with one attached hydrogen (secondary N) is 1. The van der Waals surface area contributed by atoms with Gasteiger partial charge in [-0.25, -0.2) is 4.39 Å². The number of ether oxygens (including phenoxy) is 1. The van der Waals surface area contributed by atoms with E-state index in [1.807, 2.05) is 6.07 Å². The summed E-state index contributed by atoms with van der Waals surface area (Å²) in [6, 6.07) is 12.2. The zero-order chi connectivity index (χ0) is 17.8. The van der Waals surface area contributed by atoms with Crippen LogP contribution >= 0.6 is 0 Å². The highest BCUT2D eigenvalue weighted by atomic mass is 19.1. The summed E-state index contributed by atoms with van der Waals surface area (Å²) < 4.78 is 18.4. The molecule has 0 bridgehead atoms. The molecule has 1 amide bonds. The fourth-order valence-electron chi connectivity index (χ4n) is 2.20. The van der Waals surface area contributed by atoms with Crippen LogP contribution in [0.25, 0.3) is 10.9 Å². The molecule has 1 aromatic heterocycles. The minimum absolute atomic E-state index is 0.0285. The highest BCUT2D eigenvalue weighted by Gasteiger charge is 2.12. The van der Waals surface area contributed by atoms with Gasteiger partial charge in [0.05, 0.1) is 11.1 Å². The maximum absolute atomic E-state index is 13.2. The van der Waals surface area contributed by atoms with E-state index in [0.29, 0.717) is 16.5 Å². The zero-order valence-corrected chi connectivity index (χ0v) is 12.7. The van der Waals surface area contributed by atoms with Gasteiger partial charge in [0.2, 0.25) is 5.88 Å². The lowest BCUT2D eigenvalue weighted by Gasteiger charge is -2.04. The van der Waals surface area contributed by atoms with E-state index in [1.54, 1.807) is 24.3 Å². The Hall–Kier alpha value is -3.73. The normalized spacial score (nSPS) is 10.9. The summed E-state index contributed by atoms with van der Waals surface area (Å²) in [5.74, 6) is -1.24. The van der Waals surface area contributed by atoms with Gasteiger partial charge < -0.3 is 14.8 Å². The summed E-state index contributed by atoms with van der Waals surface area (Å²) in [6.07, 6.45) is 0. The summed E-state index contributed by atoms with van der Waals surface area (Å²) in [5.41, 5.74) is 0.655. The van der Waals surface area contributed by atoms with Crippen molar-refractivity contribution in [2.75, 3.05) is 6.61 Å². The number of carbonyl (C=O) groups excluding carboxylic acids is 1. The lowest BCUT2D eigenvalue weighted by Crippen LogP contribution is -2.08. The number of rotatable bonds is 4. The Bertz CT molecular complexity index is 1020. The van der Waals surface area contributed by atoms with Crippen LogP contribution in [0.1, 0.15) is 5.56 Å². The molecule has 0 atom stereocenters. The molecule has 0 radical (unpaired) electrons. The molecule has 0 aliphatic carbocycles. The van der Waals surface area contributed by atoms with Crippen LogP contribution in [0.15, 0.2) is 52.7 Å². The van der Waals surface area contributed by atoms with Crippen LogP contribution in [0.3, 0.4) is 0 Å². The molecule has 25 heavy (non-hydrogen) atoms. The summed E-state index contributed by atoms with van der Waals surface area (Å²) in [5, 5.41) is 26.4. The number of amides is 1. The fourth-order valence-corrected chi connectivity index (χ4v) is 2.20. The summed E-state index contributed by atoms with van der Waals surface area (Å²) in [6.45, 7) is -0.417. The van der Waals surface area contributed by atoms with Gasteiger partial charge in [-0.3, -0.25) is 4.79 Å². The monoisotopic (exact) mass is 338 g/mol. The topological polar surface area (TPSA) is 111 Å². The van der Waals surface area contributed by atoms with E-state index in [4.69, 9.17) is 10.00 Å². The molecule has 3 rings (SSSR count). The van der Waals surface area contributed by atoms with Gasteiger partial charge in [0.1, 0.15) is 17.6 Å². The molecule has 0 unspecified atom stereocenters. The number of carbonyl (C=O) groups is 1. The number of benzene rings is 2. The highest BCUT2D eigenvalue weighted by Crippen LogP contribution is 2.35. The van der Waals surface area contributed by atoms with Crippen molar-refractivity contribution in [2.45, 2.75) is 0 Å². The van der Waals surface area contributed by atoms with Crippen LogP contribution in [0, 0.1) is 17.1 Å². The average molecular weight is 338 g/mol. The first-order chi connectivity index (χ1) is 12.1. The Morgan fingerprint density at radius 2 is 2.12 bits per heavy atom. The second-order valence-electron chi connectivity index (χ2n) is 5.00. The average Bonchev–Trinajstić information content (AvgIpc) is 2.92. The zero-order valence-electron chi connectivity index (χ0n) is 12.7. The van der Waals surface area contributed by atoms with E-state index >= 15 is 0 Å². The molecule has 0 fully saturated rings. The van der Waals surface area contributed by atoms with Crippen LogP contribution in [-0.4, -0.2) is 22.6 Å². The second kappa shape index (κ2) is 6.80. The van der Waals surface area contributed by atoms with E-state index in [0.717, 1.165) is 0 Å². The fraction of sp³-hybridized carbons (Fsp3) is 0.0588. The van der Waals surface area contributed by atoms with Gasteiger partial charge >= 0.3 is 5.91 Å². The number of H-pyrrole nitrogens is 1. The SMILES string of the molecule is N#Cc1ccccc1OCC(=O)N=Nc1c(O)[nH]c2cc(F)ccc12. The maximum atomic E-state index is 13.2. The van der Waals surface area contributed by atoms with Crippen molar-refractivity contribution in [1.29, 1.82) is 5.26 Å². The van der Waals surface area contributed by atoms with Crippen molar-refractivity contribution in [3.05, 3.63) is 53.8 Å². The first-order valence-corrected chi connectivity index (χ1v) is 7.15. The molecule has 0 aliphatic rings. The predicted molar refractivity (Wildman–Crippen MR) is 86.1 cm³/mol. The number of fused-ring (bicyclic) bond motifs is 1. The van der Waals surface area contributed by atoms with Gasteiger partial charge in [-0.05, 0) is 30.3 Å². The van der Waals surface area contributed by atoms with E-state index < -0.39 is 18.3 Å². The Labute approximate surface area is 141 Å². The highest BCUT2D eigenvalue weighted by molar-refractivity contribution is 5.94. The largest absolute Gasteiger partial charge is 0.493 e. The van der Waals surface area contributed by atoms with Crippen LogP contribution in [0.5, 0.6) is 11.6 Å². The first kappa shape index (κ1) is 16.1. The number of aromatic hydroxyl groups is 1. The molecule has 2 aromatic carbocycles. The molecule has 0 saturated carbocycles. The molecule has 7 nitrogen and oxygen atoms in total. The molecule has 2 N–H and O–H groups in total. The summed E-state index contributed by atoms with van der Waals surface area (Å²) >= 11 is 0. The van der Waals surface area contributed by atoms with Crippen LogP contribution in [-0.2, 0) is 4.79 Å². The van der Waals surface area contributed by atoms with Gasteiger partial charge in [0.25, 0.3) is 0 Å². The van der Waals surface area contributed by atoms with Gasteiger partial charge in [0.15, 0.2) is 12.3 Å². The first-order valence-electron chi connectivity index (χ1n) is 7.15. The number of aromatic nitrogens is 1. The quantitative estimate of drug-likeness (QED) is 0.708. The third kappa shape index (κ3) is 3.45. The van der Waals surface area contributed by atoms with Crippen molar-refractivity contribution < 1.29 is 19.0 Å². The Kier molecular flexibility index (Phi) is 4.39. The van der Waals surface area contributed by atoms with Crippen molar-refractivity contribution in [3.63, 3.8) is 0 Å². The van der Waals surface area contributed by atoms with Gasteiger partial charge in [0, 0.05) is 5.39 Å². The van der Waals surface area contributed by atoms with Crippen molar-refractivity contribution in [1.82, 2.24) is 4.98 Å². The number of nitriles is 1.